The van der Waals surface area contributed by atoms with Gasteiger partial charge >= 0.3 is 0 Å². The topological polar surface area (TPSA) is 69.0 Å². The minimum Gasteiger partial charge on any atom is -0.496 e. The number of ether oxygens (including phenoxy) is 1. The molecule has 0 bridgehead atoms. The lowest BCUT2D eigenvalue weighted by molar-refractivity contribution is -0.116. The summed E-state index contributed by atoms with van der Waals surface area (Å²) in [5.74, 6) is 1.61. The van der Waals surface area contributed by atoms with Gasteiger partial charge in [-0.2, -0.15) is 4.98 Å². The number of carbonyl (C=O) groups is 1. The van der Waals surface area contributed by atoms with Crippen molar-refractivity contribution in [2.45, 2.75) is 30.5 Å². The van der Waals surface area contributed by atoms with E-state index < -0.39 is 0 Å². The number of anilines is 1. The van der Waals surface area contributed by atoms with Crippen molar-refractivity contribution < 1.29 is 9.53 Å². The molecule has 1 aliphatic heterocycles. The number of nitrogens with one attached hydrogen (secondary N) is 1. The molecule has 24 heavy (non-hydrogen) atoms. The van der Waals surface area contributed by atoms with Crippen LogP contribution in [0.4, 0.5) is 5.95 Å². The van der Waals surface area contributed by atoms with Crippen molar-refractivity contribution in [2.75, 3.05) is 18.7 Å². The number of nitrogens with zero attached hydrogens (tertiary/aromatic N) is 3. The minimum atomic E-state index is -0.298. The van der Waals surface area contributed by atoms with Gasteiger partial charge < -0.3 is 10.1 Å². The Balaban J connectivity index is 1.95. The van der Waals surface area contributed by atoms with Crippen LogP contribution in [0.5, 0.6) is 5.75 Å². The van der Waals surface area contributed by atoms with Gasteiger partial charge in [-0.25, -0.2) is 4.68 Å². The zero-order valence-corrected chi connectivity index (χ0v) is 14.4. The van der Waals surface area contributed by atoms with Gasteiger partial charge in [0.1, 0.15) is 11.8 Å². The average molecular weight is 342 g/mol. The molecule has 2 aliphatic rings. The molecule has 0 amide bonds. The van der Waals surface area contributed by atoms with E-state index in [1.807, 2.05) is 35.2 Å². The van der Waals surface area contributed by atoms with Gasteiger partial charge in [0.15, 0.2) is 5.78 Å². The number of benzene rings is 1. The van der Waals surface area contributed by atoms with Crippen LogP contribution in [0.15, 0.2) is 40.7 Å². The Hall–Kier alpha value is -2.28. The summed E-state index contributed by atoms with van der Waals surface area (Å²) in [5.41, 5.74) is 2.69. The molecule has 2 heterocycles. The van der Waals surface area contributed by atoms with Crippen molar-refractivity contribution >= 4 is 23.5 Å². The first-order valence-electron chi connectivity index (χ1n) is 7.89. The molecule has 4 rings (SSSR count). The molecule has 1 aromatic carbocycles. The van der Waals surface area contributed by atoms with Crippen molar-refractivity contribution in [3.05, 3.63) is 41.1 Å². The third-order valence-corrected chi connectivity index (χ3v) is 5.00. The van der Waals surface area contributed by atoms with E-state index in [1.54, 1.807) is 7.11 Å². The number of carbonyl (C=O) groups excluding carboxylic acids is 1. The Morgan fingerprint density at radius 2 is 2.17 bits per heavy atom. The van der Waals surface area contributed by atoms with Gasteiger partial charge in [0, 0.05) is 23.3 Å². The third-order valence-electron chi connectivity index (χ3n) is 4.46. The molecule has 1 N–H and O–H groups in total. The summed E-state index contributed by atoms with van der Waals surface area (Å²) in [7, 11) is 1.65. The van der Waals surface area contributed by atoms with Crippen LogP contribution in [-0.2, 0) is 4.79 Å². The maximum Gasteiger partial charge on any atom is 0.227 e. The van der Waals surface area contributed by atoms with E-state index in [-0.39, 0.29) is 11.8 Å². The Labute approximate surface area is 144 Å². The van der Waals surface area contributed by atoms with Gasteiger partial charge in [0.05, 0.1) is 7.11 Å². The maximum absolute atomic E-state index is 12.7. The molecular weight excluding hydrogens is 324 g/mol. The number of thioether (sulfide) groups is 1. The van der Waals surface area contributed by atoms with Crippen molar-refractivity contribution in [2.24, 2.45) is 0 Å². The number of fused-ring (bicyclic) bond motifs is 1. The highest BCUT2D eigenvalue weighted by Gasteiger charge is 2.37. The molecule has 6 nitrogen and oxygen atoms in total. The monoisotopic (exact) mass is 342 g/mol. The van der Waals surface area contributed by atoms with Crippen LogP contribution in [0.25, 0.3) is 0 Å². The number of hydrogen-bond donors (Lipinski definition) is 1. The van der Waals surface area contributed by atoms with Gasteiger partial charge in [-0.3, -0.25) is 4.79 Å². The van der Waals surface area contributed by atoms with Crippen LogP contribution in [0.1, 0.15) is 30.9 Å². The molecule has 2 aromatic rings. The summed E-state index contributed by atoms with van der Waals surface area (Å²) in [6.45, 7) is 0. The van der Waals surface area contributed by atoms with Crippen molar-refractivity contribution in [3.63, 3.8) is 0 Å². The highest BCUT2D eigenvalue weighted by molar-refractivity contribution is 7.98. The first-order valence-corrected chi connectivity index (χ1v) is 9.12. The van der Waals surface area contributed by atoms with Crippen LogP contribution in [0, 0.1) is 0 Å². The Morgan fingerprint density at radius 1 is 1.33 bits per heavy atom. The Kier molecular flexibility index (Phi) is 3.80. The van der Waals surface area contributed by atoms with E-state index in [9.17, 15) is 4.79 Å². The van der Waals surface area contributed by atoms with E-state index in [2.05, 4.69) is 15.4 Å². The van der Waals surface area contributed by atoms with Gasteiger partial charge in [-0.15, -0.1) is 5.10 Å². The normalized spacial score (nSPS) is 19.6. The van der Waals surface area contributed by atoms with Crippen LogP contribution in [0.2, 0.25) is 0 Å². The van der Waals surface area contributed by atoms with Gasteiger partial charge in [0.25, 0.3) is 0 Å². The molecule has 0 spiro atoms. The first-order chi connectivity index (χ1) is 11.7. The van der Waals surface area contributed by atoms with Gasteiger partial charge in [-0.1, -0.05) is 30.0 Å². The van der Waals surface area contributed by atoms with E-state index in [4.69, 9.17) is 4.74 Å². The van der Waals surface area contributed by atoms with Crippen molar-refractivity contribution in [1.29, 1.82) is 0 Å². The van der Waals surface area contributed by atoms with Crippen molar-refractivity contribution in [3.8, 4) is 5.75 Å². The summed E-state index contributed by atoms with van der Waals surface area (Å²) in [4.78, 5) is 17.2. The second-order valence-electron chi connectivity index (χ2n) is 5.81. The maximum atomic E-state index is 12.7. The molecule has 0 saturated heterocycles. The number of allylic oxidation sites excluding steroid dienone is 2. The van der Waals surface area contributed by atoms with E-state index >= 15 is 0 Å². The molecular formula is C17H18N4O2S. The molecule has 7 heteroatoms. The number of rotatable bonds is 3. The van der Waals surface area contributed by atoms with Gasteiger partial charge in [-0.05, 0) is 25.2 Å². The largest absolute Gasteiger partial charge is 0.496 e. The second kappa shape index (κ2) is 5.98. The molecule has 0 radical (unpaired) electrons. The quantitative estimate of drug-likeness (QED) is 0.865. The lowest BCUT2D eigenvalue weighted by Crippen LogP contribution is -2.31. The number of para-hydroxylation sites is 1. The Morgan fingerprint density at radius 3 is 2.96 bits per heavy atom. The van der Waals surface area contributed by atoms with E-state index in [1.165, 1.54) is 11.8 Å². The minimum absolute atomic E-state index is 0.173. The van der Waals surface area contributed by atoms with Crippen LogP contribution >= 0.6 is 11.8 Å². The Bertz CT molecular complexity index is 843. The number of aromatic nitrogens is 3. The van der Waals surface area contributed by atoms with Crippen molar-refractivity contribution in [1.82, 2.24) is 14.8 Å². The fourth-order valence-corrected chi connectivity index (χ4v) is 3.75. The molecule has 124 valence electrons. The molecule has 0 unspecified atom stereocenters. The van der Waals surface area contributed by atoms with Crippen LogP contribution in [0.3, 0.4) is 0 Å². The summed E-state index contributed by atoms with van der Waals surface area (Å²) < 4.78 is 7.35. The highest BCUT2D eigenvalue weighted by atomic mass is 32.2. The van der Waals surface area contributed by atoms with Gasteiger partial charge in [0.2, 0.25) is 11.1 Å². The summed E-state index contributed by atoms with van der Waals surface area (Å²) in [6, 6.07) is 7.49. The van der Waals surface area contributed by atoms with Crippen LogP contribution in [-0.4, -0.2) is 33.9 Å². The number of Topliss-reactive ketones (excluding diaryl/α,β-unsaturated/α-hetero) is 1. The first kappa shape index (κ1) is 15.3. The lowest BCUT2D eigenvalue weighted by Gasteiger charge is -2.32. The second-order valence-corrected chi connectivity index (χ2v) is 6.58. The lowest BCUT2D eigenvalue weighted by atomic mass is 9.85. The summed E-state index contributed by atoms with van der Waals surface area (Å²) >= 11 is 1.49. The SMILES string of the molecule is COc1ccccc1[C@@H]1C2=C(CCCC2=O)Nc2nc(SC)nn21. The predicted octanol–water partition coefficient (Wildman–Crippen LogP) is 3.03. The standard InChI is InChI=1S/C17H18N4O2S/c1-23-13-9-4-3-6-10(13)15-14-11(7-5-8-12(14)22)18-16-19-17(24-2)20-21(15)16/h3-4,6,9,15H,5,7-8H2,1-2H3,(H,18,19,20)/t15-/m1/s1. The number of ketones is 1. The fourth-order valence-electron chi connectivity index (χ4n) is 3.40. The molecule has 1 atom stereocenters. The summed E-state index contributed by atoms with van der Waals surface area (Å²) in [6.07, 6.45) is 4.24. The molecule has 0 saturated carbocycles. The third kappa shape index (κ3) is 2.31. The zero-order chi connectivity index (χ0) is 16.7. The zero-order valence-electron chi connectivity index (χ0n) is 13.6. The average Bonchev–Trinajstić information content (AvgIpc) is 3.03. The smallest absolute Gasteiger partial charge is 0.227 e. The fraction of sp³-hybridized carbons (Fsp3) is 0.353. The van der Waals surface area contributed by atoms with E-state index in [0.29, 0.717) is 17.5 Å². The van der Waals surface area contributed by atoms with E-state index in [0.717, 1.165) is 35.4 Å². The predicted molar refractivity (Wildman–Crippen MR) is 92.4 cm³/mol. The highest BCUT2D eigenvalue weighted by Crippen LogP contribution is 2.42. The van der Waals surface area contributed by atoms with Crippen LogP contribution < -0.4 is 10.1 Å². The number of methoxy groups -OCH3 is 1. The molecule has 1 aromatic heterocycles. The number of hydrogen-bond acceptors (Lipinski definition) is 6. The molecule has 0 fully saturated rings. The summed E-state index contributed by atoms with van der Waals surface area (Å²) in [5, 5.41) is 8.59. The molecule has 1 aliphatic carbocycles.